The quantitative estimate of drug-likeness (QED) is 0.0225. The summed E-state index contributed by atoms with van der Waals surface area (Å²) in [6.45, 7) is 11.6. The Balaban J connectivity index is 1.20. The predicted octanol–water partition coefficient (Wildman–Crippen LogP) is 13.9. The van der Waals surface area contributed by atoms with Gasteiger partial charge < -0.3 is 33.2 Å². The van der Waals surface area contributed by atoms with E-state index >= 15 is 4.79 Å². The summed E-state index contributed by atoms with van der Waals surface area (Å²) in [6.07, 6.45) is 9.53. The van der Waals surface area contributed by atoms with Crippen LogP contribution in [0.1, 0.15) is 108 Å². The maximum absolute atomic E-state index is 15.0. The molecule has 0 aromatic heterocycles. The van der Waals surface area contributed by atoms with Crippen molar-refractivity contribution in [3.05, 3.63) is 181 Å². The van der Waals surface area contributed by atoms with Crippen LogP contribution in [0.5, 0.6) is 23.0 Å². The van der Waals surface area contributed by atoms with Crippen molar-refractivity contribution >= 4 is 17.9 Å². The molecule has 3 atom stereocenters. The Bertz CT molecular complexity index is 2700. The topological polar surface area (TPSA) is 116 Å². The number of carbonyl (C=O) groups is 3. The molecular weight excluding hydrogens is 905 g/mol. The summed E-state index contributed by atoms with van der Waals surface area (Å²) in [5.74, 6) is -2.88. The molecule has 376 valence electrons. The van der Waals surface area contributed by atoms with Crippen molar-refractivity contribution in [2.45, 2.75) is 129 Å². The number of esters is 3. The van der Waals surface area contributed by atoms with E-state index < -0.39 is 35.4 Å². The fourth-order valence-electron chi connectivity index (χ4n) is 8.69. The van der Waals surface area contributed by atoms with Crippen LogP contribution in [0.25, 0.3) is 22.3 Å². The van der Waals surface area contributed by atoms with E-state index in [-0.39, 0.29) is 37.7 Å². The van der Waals surface area contributed by atoms with E-state index in [9.17, 15) is 9.59 Å². The molecule has 0 bridgehead atoms. The number of aryl methyl sites for hydroxylation is 2. The van der Waals surface area contributed by atoms with Crippen molar-refractivity contribution in [2.24, 2.45) is 0 Å². The van der Waals surface area contributed by atoms with Crippen LogP contribution < -0.4 is 18.9 Å². The molecule has 1 aliphatic heterocycles. The highest BCUT2D eigenvalue weighted by molar-refractivity contribution is 5.92. The molecule has 6 aromatic rings. The lowest BCUT2D eigenvalue weighted by molar-refractivity contribution is -0.192. The predicted molar refractivity (Wildman–Crippen MR) is 281 cm³/mol. The number of hydrogen-bond donors (Lipinski definition) is 0. The highest BCUT2D eigenvalue weighted by Gasteiger charge is 2.61. The lowest BCUT2D eigenvalue weighted by Crippen LogP contribution is -2.52. The van der Waals surface area contributed by atoms with E-state index in [1.54, 1.807) is 31.2 Å². The van der Waals surface area contributed by atoms with E-state index in [4.69, 9.17) is 33.2 Å². The minimum atomic E-state index is -2.04. The average Bonchev–Trinajstić information content (AvgIpc) is 3.69. The molecule has 0 amide bonds. The first-order valence-corrected chi connectivity index (χ1v) is 25.4. The molecule has 0 spiro atoms. The molecule has 0 N–H and O–H groups in total. The Morgan fingerprint density at radius 2 is 1.04 bits per heavy atom. The molecule has 0 aliphatic carbocycles. The Kier molecular flexibility index (Phi) is 19.0. The summed E-state index contributed by atoms with van der Waals surface area (Å²) >= 11 is 0. The molecule has 1 saturated heterocycles. The van der Waals surface area contributed by atoms with E-state index in [1.807, 2.05) is 72.8 Å². The van der Waals surface area contributed by atoms with Crippen molar-refractivity contribution in [1.82, 2.24) is 0 Å². The largest absolute Gasteiger partial charge is 0.485 e. The van der Waals surface area contributed by atoms with Gasteiger partial charge in [-0.1, -0.05) is 167 Å². The smallest absolute Gasteiger partial charge is 0.347 e. The Hall–Kier alpha value is -7.01. The van der Waals surface area contributed by atoms with Crippen LogP contribution in [0.2, 0.25) is 0 Å². The summed E-state index contributed by atoms with van der Waals surface area (Å²) in [4.78, 5) is 41.7. The normalized spacial score (nSPS) is 17.2. The van der Waals surface area contributed by atoms with Gasteiger partial charge in [0.1, 0.15) is 13.2 Å². The Morgan fingerprint density at radius 1 is 0.556 bits per heavy atom. The fourth-order valence-corrected chi connectivity index (χ4v) is 8.69. The van der Waals surface area contributed by atoms with Gasteiger partial charge in [-0.2, -0.15) is 0 Å². The molecule has 1 fully saturated rings. The van der Waals surface area contributed by atoms with Crippen LogP contribution >= 0.6 is 0 Å². The van der Waals surface area contributed by atoms with Gasteiger partial charge in [0.25, 0.3) is 0 Å². The van der Waals surface area contributed by atoms with Gasteiger partial charge in [-0.05, 0) is 121 Å². The first-order valence-electron chi connectivity index (χ1n) is 25.4. The lowest BCUT2D eigenvalue weighted by atomic mass is 9.99. The van der Waals surface area contributed by atoms with E-state index in [1.165, 1.54) is 30.9 Å². The van der Waals surface area contributed by atoms with E-state index in [2.05, 4.69) is 69.0 Å². The number of carbonyl (C=O) groups excluding carboxylic acids is 3. The van der Waals surface area contributed by atoms with Crippen LogP contribution in [0, 0.1) is 0 Å². The van der Waals surface area contributed by atoms with Crippen LogP contribution in [0.3, 0.4) is 0 Å². The van der Waals surface area contributed by atoms with Gasteiger partial charge in [0.2, 0.25) is 5.60 Å². The first-order chi connectivity index (χ1) is 35.0. The van der Waals surface area contributed by atoms with E-state index in [0.29, 0.717) is 24.3 Å². The van der Waals surface area contributed by atoms with Crippen molar-refractivity contribution in [1.29, 1.82) is 0 Å². The molecule has 10 heteroatoms. The number of unbranched alkanes of at least 4 members (excludes halogenated alkanes) is 5. The van der Waals surface area contributed by atoms with Crippen molar-refractivity contribution in [3.8, 4) is 45.3 Å². The number of hydrogen-bond acceptors (Lipinski definition) is 10. The monoisotopic (exact) mass is 972 g/mol. The number of benzene rings is 6. The SMILES string of the molecule is C=CC(=O)OCCCCC1(C)OC(C(=O)Oc2cc(-c3ccc(CCCCC)cc3)ccc2OCc2ccccc2)C(C)(C(=O)Oc2cc(-c3ccc(CCCCC)cc3)ccc2OCc2ccccc2)O1. The van der Waals surface area contributed by atoms with Gasteiger partial charge in [-0.3, -0.25) is 0 Å². The molecule has 10 nitrogen and oxygen atoms in total. The summed E-state index contributed by atoms with van der Waals surface area (Å²) < 4.78 is 43.6. The minimum Gasteiger partial charge on any atom is -0.485 e. The first kappa shape index (κ1) is 52.8. The van der Waals surface area contributed by atoms with E-state index in [0.717, 1.165) is 78.0 Å². The Labute approximate surface area is 425 Å². The van der Waals surface area contributed by atoms with Crippen molar-refractivity contribution in [3.63, 3.8) is 0 Å². The highest BCUT2D eigenvalue weighted by Crippen LogP contribution is 2.44. The molecule has 0 saturated carbocycles. The second-order valence-electron chi connectivity index (χ2n) is 18.7. The third kappa shape index (κ3) is 14.5. The molecule has 7 rings (SSSR count). The van der Waals surface area contributed by atoms with Gasteiger partial charge in [-0.25, -0.2) is 14.4 Å². The molecule has 1 aliphatic rings. The molecule has 0 radical (unpaired) electrons. The molecular formula is C62H68O10. The molecule has 3 unspecified atom stereocenters. The van der Waals surface area contributed by atoms with Crippen molar-refractivity contribution in [2.75, 3.05) is 6.61 Å². The second kappa shape index (κ2) is 25.9. The fraction of sp³-hybridized carbons (Fsp3) is 0.339. The Morgan fingerprint density at radius 3 is 1.53 bits per heavy atom. The van der Waals surface area contributed by atoms with Crippen LogP contribution in [0.4, 0.5) is 0 Å². The van der Waals surface area contributed by atoms with Gasteiger partial charge in [-0.15, -0.1) is 0 Å². The third-order valence-corrected chi connectivity index (χ3v) is 12.8. The zero-order valence-corrected chi connectivity index (χ0v) is 42.2. The second-order valence-corrected chi connectivity index (χ2v) is 18.7. The third-order valence-electron chi connectivity index (χ3n) is 12.8. The summed E-state index contributed by atoms with van der Waals surface area (Å²) in [5.41, 5.74) is 5.76. The summed E-state index contributed by atoms with van der Waals surface area (Å²) in [6, 6.07) is 47.1. The standard InChI is InChI=1S/C62H68O10/c1-6-9-13-21-45-27-31-49(32-28-45)51-35-37-53(67-43-47-23-15-11-16-24-47)55(41-51)69-59(64)58-62(5,72-61(4,71-58)39-19-20-40-66-57(63)8-3)60(65)70-56-42-52(50-33-29-46(30-34-50)22-14-10-7-2)36-38-54(56)68-44-48-25-17-12-18-26-48/h8,11-12,15-18,23-38,41-42,58H,3,6-7,9-10,13-14,19-22,39-40,43-44H2,1-2,4-5H3. The molecule has 1 heterocycles. The van der Waals surface area contributed by atoms with Gasteiger partial charge in [0, 0.05) is 12.5 Å². The minimum absolute atomic E-state index is 0.135. The van der Waals surface area contributed by atoms with Crippen LogP contribution in [-0.4, -0.2) is 42.0 Å². The number of ether oxygens (including phenoxy) is 7. The zero-order valence-electron chi connectivity index (χ0n) is 42.2. The summed E-state index contributed by atoms with van der Waals surface area (Å²) in [5, 5.41) is 0. The molecule has 72 heavy (non-hydrogen) atoms. The van der Waals surface area contributed by atoms with Crippen LogP contribution in [-0.2, 0) is 54.6 Å². The molecule has 6 aromatic carbocycles. The van der Waals surface area contributed by atoms with Gasteiger partial charge in [0.15, 0.2) is 34.9 Å². The zero-order chi connectivity index (χ0) is 50.8. The highest BCUT2D eigenvalue weighted by atomic mass is 16.8. The van der Waals surface area contributed by atoms with Gasteiger partial charge in [0.05, 0.1) is 6.61 Å². The lowest BCUT2D eigenvalue weighted by Gasteiger charge is -2.27. The maximum Gasteiger partial charge on any atom is 0.347 e. The summed E-state index contributed by atoms with van der Waals surface area (Å²) in [7, 11) is 0. The van der Waals surface area contributed by atoms with Gasteiger partial charge >= 0.3 is 17.9 Å². The van der Waals surface area contributed by atoms with Crippen molar-refractivity contribution < 1.29 is 47.5 Å². The van der Waals surface area contributed by atoms with Crippen LogP contribution in [0.15, 0.2) is 158 Å². The maximum atomic E-state index is 15.0. The average molecular weight is 973 g/mol. The number of rotatable bonds is 26.